The molecule has 0 radical (unpaired) electrons. The summed E-state index contributed by atoms with van der Waals surface area (Å²) in [6.45, 7) is 6.25. The van der Waals surface area contributed by atoms with Crippen LogP contribution in [-0.2, 0) is 4.74 Å². The van der Waals surface area contributed by atoms with E-state index >= 15 is 0 Å². The zero-order valence-corrected chi connectivity index (χ0v) is 11.7. The van der Waals surface area contributed by atoms with Gasteiger partial charge < -0.3 is 14.6 Å². The molecular formula is C17H16O4. The highest BCUT2D eigenvalue weighted by molar-refractivity contribution is 5.91. The molecule has 1 N–H and O–H groups in total. The van der Waals surface area contributed by atoms with E-state index in [1.807, 2.05) is 6.92 Å². The largest absolute Gasteiger partial charge is 0.508 e. The van der Waals surface area contributed by atoms with Crippen LogP contribution in [0.3, 0.4) is 0 Å². The van der Waals surface area contributed by atoms with Crippen LogP contribution in [0.4, 0.5) is 0 Å². The molecule has 0 amide bonds. The summed E-state index contributed by atoms with van der Waals surface area (Å²) in [6.07, 6.45) is 0. The monoisotopic (exact) mass is 284 g/mol. The maximum absolute atomic E-state index is 11.9. The van der Waals surface area contributed by atoms with Crippen LogP contribution in [0.15, 0.2) is 55.1 Å². The highest BCUT2D eigenvalue weighted by atomic mass is 16.5. The van der Waals surface area contributed by atoms with Crippen LogP contribution in [0.1, 0.15) is 22.8 Å². The van der Waals surface area contributed by atoms with E-state index < -0.39 is 5.97 Å². The minimum Gasteiger partial charge on any atom is -0.508 e. The molecule has 0 aliphatic rings. The van der Waals surface area contributed by atoms with E-state index in [1.54, 1.807) is 24.3 Å². The van der Waals surface area contributed by atoms with E-state index in [0.717, 1.165) is 5.56 Å². The van der Waals surface area contributed by atoms with Crippen molar-refractivity contribution in [2.24, 2.45) is 0 Å². The first-order chi connectivity index (χ1) is 10.1. The molecule has 0 aliphatic heterocycles. The number of rotatable bonds is 5. The molecule has 108 valence electrons. The molecule has 0 unspecified atom stereocenters. The maximum atomic E-state index is 11.9. The lowest BCUT2D eigenvalue weighted by Crippen LogP contribution is -2.08. The third kappa shape index (κ3) is 3.86. The fraction of sp³-hybridized carbons (Fsp3) is 0.118. The zero-order valence-electron chi connectivity index (χ0n) is 11.7. The van der Waals surface area contributed by atoms with Crippen molar-refractivity contribution in [3.63, 3.8) is 0 Å². The highest BCUT2D eigenvalue weighted by Crippen LogP contribution is 2.19. The van der Waals surface area contributed by atoms with Gasteiger partial charge in [0.2, 0.25) is 0 Å². The molecule has 0 bridgehead atoms. The lowest BCUT2D eigenvalue weighted by atomic mass is 10.2. The summed E-state index contributed by atoms with van der Waals surface area (Å²) in [4.78, 5) is 11.9. The number of phenols is 1. The highest BCUT2D eigenvalue weighted by Gasteiger charge is 2.09. The summed E-state index contributed by atoms with van der Waals surface area (Å²) in [5.41, 5.74) is 1.21. The van der Waals surface area contributed by atoms with Gasteiger partial charge in [-0.15, -0.1) is 0 Å². The van der Waals surface area contributed by atoms with Crippen molar-refractivity contribution >= 4 is 11.7 Å². The number of aromatic hydroxyl groups is 1. The third-order valence-corrected chi connectivity index (χ3v) is 2.81. The van der Waals surface area contributed by atoms with E-state index in [2.05, 4.69) is 6.58 Å². The first-order valence-corrected chi connectivity index (χ1v) is 6.53. The molecule has 4 nitrogen and oxygen atoms in total. The van der Waals surface area contributed by atoms with Crippen LogP contribution in [0.2, 0.25) is 0 Å². The van der Waals surface area contributed by atoms with Crippen LogP contribution in [-0.4, -0.2) is 17.7 Å². The van der Waals surface area contributed by atoms with Crippen LogP contribution in [0, 0.1) is 0 Å². The van der Waals surface area contributed by atoms with Gasteiger partial charge in [0, 0.05) is 5.56 Å². The van der Waals surface area contributed by atoms with Crippen LogP contribution < -0.4 is 4.74 Å². The van der Waals surface area contributed by atoms with Crippen LogP contribution >= 0.6 is 0 Å². The number of ether oxygens (including phenoxy) is 2. The Hall–Kier alpha value is -2.75. The zero-order chi connectivity index (χ0) is 15.2. The standard InChI is InChI=1S/C17H16O4/c1-3-20-12(2)13-6-10-16(11-7-13)21-17(19)14-4-8-15(18)9-5-14/h4-11,18H,2-3H2,1H3. The quantitative estimate of drug-likeness (QED) is 0.517. The normalized spacial score (nSPS) is 9.95. The van der Waals surface area contributed by atoms with E-state index in [0.29, 0.717) is 23.7 Å². The van der Waals surface area contributed by atoms with E-state index in [4.69, 9.17) is 9.47 Å². The second-order valence-corrected chi connectivity index (χ2v) is 4.32. The molecule has 0 saturated carbocycles. The minimum absolute atomic E-state index is 0.102. The second-order valence-electron chi connectivity index (χ2n) is 4.32. The number of esters is 1. The third-order valence-electron chi connectivity index (χ3n) is 2.81. The lowest BCUT2D eigenvalue weighted by molar-refractivity contribution is 0.0735. The average molecular weight is 284 g/mol. The van der Waals surface area contributed by atoms with Gasteiger partial charge in [0.25, 0.3) is 0 Å². The molecule has 0 aromatic heterocycles. The van der Waals surface area contributed by atoms with Gasteiger partial charge >= 0.3 is 5.97 Å². The number of carbonyl (C=O) groups excluding carboxylic acids is 1. The molecule has 0 spiro atoms. The molecule has 2 rings (SSSR count). The van der Waals surface area contributed by atoms with Gasteiger partial charge in [-0.25, -0.2) is 4.79 Å². The number of carbonyl (C=O) groups is 1. The molecule has 0 aliphatic carbocycles. The Morgan fingerprint density at radius 3 is 2.19 bits per heavy atom. The topological polar surface area (TPSA) is 55.8 Å². The Morgan fingerprint density at radius 1 is 1.05 bits per heavy atom. The van der Waals surface area contributed by atoms with Gasteiger partial charge in [-0.3, -0.25) is 0 Å². The Bertz CT molecular complexity index is 627. The summed E-state index contributed by atoms with van der Waals surface area (Å²) < 4.78 is 10.5. The smallest absolute Gasteiger partial charge is 0.343 e. The lowest BCUT2D eigenvalue weighted by Gasteiger charge is -2.08. The molecule has 0 saturated heterocycles. The first kappa shape index (κ1) is 14.7. The number of phenolic OH excluding ortho intramolecular Hbond substituents is 1. The summed E-state index contributed by atoms with van der Waals surface area (Å²) in [7, 11) is 0. The van der Waals surface area contributed by atoms with Crippen molar-refractivity contribution < 1.29 is 19.4 Å². The molecular weight excluding hydrogens is 268 g/mol. The first-order valence-electron chi connectivity index (χ1n) is 6.53. The van der Waals surface area contributed by atoms with E-state index in [9.17, 15) is 9.90 Å². The van der Waals surface area contributed by atoms with Gasteiger partial charge in [0.15, 0.2) is 0 Å². The SMILES string of the molecule is C=C(OCC)c1ccc(OC(=O)c2ccc(O)cc2)cc1. The van der Waals surface area contributed by atoms with Gasteiger partial charge in [-0.05, 0) is 55.5 Å². The Balaban J connectivity index is 2.04. The summed E-state index contributed by atoms with van der Waals surface area (Å²) >= 11 is 0. The van der Waals surface area contributed by atoms with E-state index in [1.165, 1.54) is 24.3 Å². The van der Waals surface area contributed by atoms with Crippen LogP contribution in [0.5, 0.6) is 11.5 Å². The molecule has 0 fully saturated rings. The van der Waals surface area contributed by atoms with Gasteiger partial charge in [0.1, 0.15) is 17.3 Å². The van der Waals surface area contributed by atoms with Gasteiger partial charge in [0.05, 0.1) is 12.2 Å². The molecule has 2 aromatic carbocycles. The van der Waals surface area contributed by atoms with Crippen molar-refractivity contribution in [2.45, 2.75) is 6.92 Å². The summed E-state index contributed by atoms with van der Waals surface area (Å²) in [5, 5.41) is 9.18. The van der Waals surface area contributed by atoms with Crippen molar-refractivity contribution in [1.82, 2.24) is 0 Å². The molecule has 0 atom stereocenters. The number of hydrogen-bond acceptors (Lipinski definition) is 4. The summed E-state index contributed by atoms with van der Waals surface area (Å²) in [6, 6.07) is 12.8. The minimum atomic E-state index is -0.480. The van der Waals surface area contributed by atoms with E-state index in [-0.39, 0.29) is 5.75 Å². The Kier molecular flexibility index (Phi) is 4.61. The predicted molar refractivity (Wildman–Crippen MR) is 80.2 cm³/mol. The Morgan fingerprint density at radius 2 is 1.62 bits per heavy atom. The Labute approximate surface area is 123 Å². The molecule has 2 aromatic rings. The maximum Gasteiger partial charge on any atom is 0.343 e. The van der Waals surface area contributed by atoms with Crippen molar-refractivity contribution in [3.05, 3.63) is 66.2 Å². The van der Waals surface area contributed by atoms with Crippen molar-refractivity contribution in [1.29, 1.82) is 0 Å². The molecule has 4 heteroatoms. The fourth-order valence-electron chi connectivity index (χ4n) is 1.73. The fourth-order valence-corrected chi connectivity index (χ4v) is 1.73. The molecule has 21 heavy (non-hydrogen) atoms. The summed E-state index contributed by atoms with van der Waals surface area (Å²) in [5.74, 6) is 0.631. The van der Waals surface area contributed by atoms with Crippen molar-refractivity contribution in [2.75, 3.05) is 6.61 Å². The second kappa shape index (κ2) is 6.61. The molecule has 0 heterocycles. The number of benzene rings is 2. The van der Waals surface area contributed by atoms with Gasteiger partial charge in [-0.2, -0.15) is 0 Å². The number of hydrogen-bond donors (Lipinski definition) is 1. The van der Waals surface area contributed by atoms with Crippen LogP contribution in [0.25, 0.3) is 5.76 Å². The van der Waals surface area contributed by atoms with Gasteiger partial charge in [-0.1, -0.05) is 6.58 Å². The predicted octanol–water partition coefficient (Wildman–Crippen LogP) is 3.62. The average Bonchev–Trinajstić information content (AvgIpc) is 2.49. The van der Waals surface area contributed by atoms with Crippen molar-refractivity contribution in [3.8, 4) is 11.5 Å².